The third-order valence-electron chi connectivity index (χ3n) is 9.03. The zero-order valence-electron chi connectivity index (χ0n) is 18.9. The summed E-state index contributed by atoms with van der Waals surface area (Å²) in [4.78, 5) is 38.9. The zero-order valence-corrected chi connectivity index (χ0v) is 18.9. The molecule has 5 aliphatic rings. The van der Waals surface area contributed by atoms with Crippen LogP contribution in [-0.4, -0.2) is 34.9 Å². The zero-order chi connectivity index (χ0) is 22.3. The highest BCUT2D eigenvalue weighted by Gasteiger charge is 2.66. The molecule has 31 heavy (non-hydrogen) atoms. The number of fused-ring (bicyclic) bond motifs is 3. The van der Waals surface area contributed by atoms with E-state index in [4.69, 9.17) is 4.74 Å². The Morgan fingerprint density at radius 3 is 2.58 bits per heavy atom. The second kappa shape index (κ2) is 6.50. The molecule has 5 atom stereocenters. The van der Waals surface area contributed by atoms with Crippen LogP contribution in [0.15, 0.2) is 34.4 Å². The van der Waals surface area contributed by atoms with Gasteiger partial charge in [-0.1, -0.05) is 25.5 Å². The maximum absolute atomic E-state index is 13.3. The van der Waals surface area contributed by atoms with E-state index in [-0.39, 0.29) is 23.1 Å². The number of Topliss-reactive ketones (excluding diaryl/α,β-unsaturated/α-hetero) is 1. The smallest absolute Gasteiger partial charge is 0.316 e. The van der Waals surface area contributed by atoms with Crippen LogP contribution in [0, 0.1) is 22.2 Å². The predicted octanol–water partition coefficient (Wildman–Crippen LogP) is 4.00. The van der Waals surface area contributed by atoms with Crippen LogP contribution in [0.4, 0.5) is 0 Å². The third kappa shape index (κ3) is 2.50. The third-order valence-corrected chi connectivity index (χ3v) is 9.03. The minimum absolute atomic E-state index is 0.00235. The molecule has 0 amide bonds. The van der Waals surface area contributed by atoms with E-state index >= 15 is 0 Å². The Balaban J connectivity index is 1.74. The Hall–Kier alpha value is -2.01. The summed E-state index contributed by atoms with van der Waals surface area (Å²) in [5.41, 5.74) is 2.46. The van der Waals surface area contributed by atoms with Crippen molar-refractivity contribution in [2.24, 2.45) is 22.2 Å². The van der Waals surface area contributed by atoms with Gasteiger partial charge in [0.25, 0.3) is 0 Å². The van der Waals surface area contributed by atoms with Gasteiger partial charge in [0.05, 0.1) is 17.6 Å². The molecule has 5 heteroatoms. The first-order valence-electron chi connectivity index (χ1n) is 11.7. The highest BCUT2D eigenvalue weighted by molar-refractivity contribution is 5.96. The van der Waals surface area contributed by atoms with E-state index < -0.39 is 28.8 Å². The number of hydrogen-bond donors (Lipinski definition) is 1. The van der Waals surface area contributed by atoms with E-state index in [0.29, 0.717) is 31.3 Å². The fourth-order valence-corrected chi connectivity index (χ4v) is 7.41. The Labute approximate surface area is 183 Å². The molecule has 1 spiro atoms. The lowest BCUT2D eigenvalue weighted by Crippen LogP contribution is -2.51. The highest BCUT2D eigenvalue weighted by Crippen LogP contribution is 2.70. The average Bonchev–Trinajstić information content (AvgIpc) is 3.13. The predicted molar refractivity (Wildman–Crippen MR) is 115 cm³/mol. The van der Waals surface area contributed by atoms with Gasteiger partial charge in [0.2, 0.25) is 0 Å². The molecule has 1 N–H and O–H groups in total. The van der Waals surface area contributed by atoms with Crippen molar-refractivity contribution >= 4 is 17.5 Å². The summed E-state index contributed by atoms with van der Waals surface area (Å²) in [5, 5.41) is 11.5. The highest BCUT2D eigenvalue weighted by atomic mass is 16.5. The largest absolute Gasteiger partial charge is 0.462 e. The van der Waals surface area contributed by atoms with Crippen LogP contribution in [-0.2, 0) is 19.1 Å². The van der Waals surface area contributed by atoms with Gasteiger partial charge in [-0.25, -0.2) is 0 Å². The van der Waals surface area contributed by atoms with Gasteiger partial charge in [0.1, 0.15) is 11.7 Å². The topological polar surface area (TPSA) is 80.7 Å². The first kappa shape index (κ1) is 20.9. The molecule has 0 radical (unpaired) electrons. The maximum atomic E-state index is 13.3. The lowest BCUT2D eigenvalue weighted by molar-refractivity contribution is -0.154. The molecule has 5 nitrogen and oxygen atoms in total. The van der Waals surface area contributed by atoms with Gasteiger partial charge >= 0.3 is 5.97 Å². The van der Waals surface area contributed by atoms with E-state index in [1.165, 1.54) is 0 Å². The van der Waals surface area contributed by atoms with Crippen LogP contribution in [0.25, 0.3) is 0 Å². The van der Waals surface area contributed by atoms with Gasteiger partial charge in [-0.3, -0.25) is 14.4 Å². The van der Waals surface area contributed by atoms with Gasteiger partial charge in [-0.15, -0.1) is 0 Å². The van der Waals surface area contributed by atoms with Crippen molar-refractivity contribution in [2.45, 2.75) is 84.8 Å². The number of allylic oxidation sites excluding steroid dienone is 4. The Bertz CT molecular complexity index is 997. The van der Waals surface area contributed by atoms with Crippen molar-refractivity contribution in [1.29, 1.82) is 0 Å². The van der Waals surface area contributed by atoms with Crippen molar-refractivity contribution in [3.05, 3.63) is 34.4 Å². The first-order chi connectivity index (χ1) is 14.5. The number of ketones is 2. The number of esters is 1. The summed E-state index contributed by atoms with van der Waals surface area (Å²) in [6.45, 7) is 7.90. The van der Waals surface area contributed by atoms with Gasteiger partial charge in [-0.2, -0.15) is 0 Å². The maximum Gasteiger partial charge on any atom is 0.316 e. The number of hydrogen-bond acceptors (Lipinski definition) is 5. The fraction of sp³-hybridized carbons (Fsp3) is 0.654. The number of carbonyl (C=O) groups excluding carboxylic acids is 3. The second-order valence-corrected chi connectivity index (χ2v) is 10.9. The van der Waals surface area contributed by atoms with Crippen LogP contribution in [0.5, 0.6) is 0 Å². The molecule has 5 aliphatic carbocycles. The summed E-state index contributed by atoms with van der Waals surface area (Å²) < 4.78 is 5.60. The molecule has 0 aliphatic heterocycles. The minimum atomic E-state index is -1.11. The molecular weight excluding hydrogens is 392 g/mol. The van der Waals surface area contributed by atoms with Crippen molar-refractivity contribution in [3.8, 4) is 0 Å². The Morgan fingerprint density at radius 1 is 1.13 bits per heavy atom. The lowest BCUT2D eigenvalue weighted by atomic mass is 9.50. The van der Waals surface area contributed by atoms with Gasteiger partial charge in [-0.05, 0) is 74.2 Å². The molecule has 1 saturated carbocycles. The van der Waals surface area contributed by atoms with Crippen LogP contribution in [0.1, 0.15) is 72.6 Å². The van der Waals surface area contributed by atoms with Crippen molar-refractivity contribution in [3.63, 3.8) is 0 Å². The quantitative estimate of drug-likeness (QED) is 0.678. The molecule has 0 heterocycles. The molecular formula is C26H32O5. The number of carbonyl (C=O) groups is 3. The molecule has 0 saturated heterocycles. The Kier molecular flexibility index (Phi) is 4.38. The van der Waals surface area contributed by atoms with Gasteiger partial charge in [0, 0.05) is 18.3 Å². The monoisotopic (exact) mass is 424 g/mol. The lowest BCUT2D eigenvalue weighted by Gasteiger charge is -2.53. The summed E-state index contributed by atoms with van der Waals surface area (Å²) in [6.07, 6.45) is 7.12. The fourth-order valence-electron chi connectivity index (χ4n) is 7.41. The molecule has 1 unspecified atom stereocenters. The standard InChI is InChI=1S/C26H32O5/c1-14(2)31-23(30)21-20-16(25(4)11-5-15(27)13-18(25)22(21)29)7-12-26-17(20)6-9-24(26,3)10-8-19(26)28/h6,13-14,21-22,29H,5,7-12H2,1-4H3/t21-,22+,24-,25?,26+/m0/s1. The molecule has 0 bridgehead atoms. The number of ether oxygens (including phenoxy) is 1. The molecule has 0 aromatic rings. The average molecular weight is 425 g/mol. The van der Waals surface area contributed by atoms with Crippen LogP contribution < -0.4 is 0 Å². The summed E-state index contributed by atoms with van der Waals surface area (Å²) in [7, 11) is 0. The second-order valence-electron chi connectivity index (χ2n) is 10.9. The first-order valence-corrected chi connectivity index (χ1v) is 11.7. The molecule has 5 rings (SSSR count). The van der Waals surface area contributed by atoms with E-state index in [1.54, 1.807) is 19.9 Å². The van der Waals surface area contributed by atoms with E-state index in [2.05, 4.69) is 19.9 Å². The number of rotatable bonds is 2. The van der Waals surface area contributed by atoms with Crippen molar-refractivity contribution in [2.75, 3.05) is 0 Å². The van der Waals surface area contributed by atoms with Crippen molar-refractivity contribution in [1.82, 2.24) is 0 Å². The molecule has 166 valence electrons. The number of aliphatic hydroxyl groups excluding tert-OH is 1. The van der Waals surface area contributed by atoms with Crippen LogP contribution in [0.3, 0.4) is 0 Å². The van der Waals surface area contributed by atoms with Crippen molar-refractivity contribution < 1.29 is 24.2 Å². The van der Waals surface area contributed by atoms with E-state index in [1.807, 2.05) is 0 Å². The van der Waals surface area contributed by atoms with Crippen LogP contribution >= 0.6 is 0 Å². The molecule has 1 fully saturated rings. The molecule has 0 aromatic heterocycles. The van der Waals surface area contributed by atoms with Gasteiger partial charge < -0.3 is 9.84 Å². The van der Waals surface area contributed by atoms with E-state index in [9.17, 15) is 19.5 Å². The summed E-state index contributed by atoms with van der Waals surface area (Å²) in [6, 6.07) is 0. The minimum Gasteiger partial charge on any atom is -0.462 e. The SMILES string of the molecule is CC(C)OC(=O)[C@H]1C2=C(CC[C@@]34C(=O)CC[C@]3(C)CC=C24)C2(C)CCC(=O)C=C2[C@H]1O. The van der Waals surface area contributed by atoms with Gasteiger partial charge in [0.15, 0.2) is 5.78 Å². The Morgan fingerprint density at radius 2 is 1.87 bits per heavy atom. The normalized spacial score (nSPS) is 41.4. The molecule has 0 aromatic carbocycles. The summed E-state index contributed by atoms with van der Waals surface area (Å²) >= 11 is 0. The summed E-state index contributed by atoms with van der Waals surface area (Å²) in [5.74, 6) is -1.08. The number of aliphatic hydroxyl groups is 1. The van der Waals surface area contributed by atoms with E-state index in [0.717, 1.165) is 36.0 Å². The van der Waals surface area contributed by atoms with Crippen LogP contribution in [0.2, 0.25) is 0 Å².